The highest BCUT2D eigenvalue weighted by molar-refractivity contribution is 6.31. The van der Waals surface area contributed by atoms with Crippen LogP contribution in [0.1, 0.15) is 46.9 Å². The molecular weight excluding hydrogens is 517 g/mol. The average molecular weight is 552 g/mol. The highest BCUT2D eigenvalue weighted by Gasteiger charge is 2.21. The number of hydrogen-bond acceptors (Lipinski definition) is 5. The molecule has 10 heteroatoms. The number of ether oxygens (including phenoxy) is 2. The van der Waals surface area contributed by atoms with Gasteiger partial charge in [-0.2, -0.15) is 0 Å². The van der Waals surface area contributed by atoms with E-state index in [1.165, 1.54) is 7.05 Å². The number of halogens is 2. The maximum atomic E-state index is 13.1. The molecule has 2 aromatic rings. The monoisotopic (exact) mass is 551 g/mol. The molecule has 1 aliphatic heterocycles. The zero-order chi connectivity index (χ0) is 26.8. The van der Waals surface area contributed by atoms with Crippen molar-refractivity contribution in [2.24, 2.45) is 5.92 Å². The lowest BCUT2D eigenvalue weighted by Crippen LogP contribution is -2.41. The van der Waals surface area contributed by atoms with Crippen LogP contribution in [0.4, 0.5) is 4.79 Å². The molecule has 3 atom stereocenters. The minimum absolute atomic E-state index is 0.128. The third-order valence-electron chi connectivity index (χ3n) is 6.46. The molecule has 0 bridgehead atoms. The molecule has 37 heavy (non-hydrogen) atoms. The van der Waals surface area contributed by atoms with Crippen LogP contribution in [0.5, 0.6) is 0 Å². The van der Waals surface area contributed by atoms with Crippen molar-refractivity contribution in [3.05, 3.63) is 69.2 Å². The summed E-state index contributed by atoms with van der Waals surface area (Å²) in [6, 6.07) is 12.5. The molecule has 2 aromatic carbocycles. The summed E-state index contributed by atoms with van der Waals surface area (Å²) in [5.41, 5.74) is 1.85. The number of rotatable bonds is 12. The molecule has 0 aromatic heterocycles. The van der Waals surface area contributed by atoms with E-state index in [2.05, 4.69) is 10.6 Å². The Hall–Kier alpha value is -2.36. The summed E-state index contributed by atoms with van der Waals surface area (Å²) in [6.45, 7) is 2.38. The van der Waals surface area contributed by atoms with Gasteiger partial charge in [-0.3, -0.25) is 4.79 Å². The molecule has 1 aliphatic rings. The van der Waals surface area contributed by atoms with Crippen molar-refractivity contribution >= 4 is 35.2 Å². The second kappa shape index (κ2) is 14.5. The summed E-state index contributed by atoms with van der Waals surface area (Å²) in [7, 11) is 3.37. The van der Waals surface area contributed by atoms with Crippen LogP contribution in [-0.2, 0) is 9.47 Å². The Balaban J connectivity index is 1.74. The molecule has 2 amide bonds. The van der Waals surface area contributed by atoms with Crippen molar-refractivity contribution in [1.82, 2.24) is 15.5 Å². The van der Waals surface area contributed by atoms with Gasteiger partial charge in [-0.25, -0.2) is 4.79 Å². The van der Waals surface area contributed by atoms with E-state index in [-0.39, 0.29) is 25.1 Å². The predicted octanol–water partition coefficient (Wildman–Crippen LogP) is 4.84. The molecule has 0 spiro atoms. The van der Waals surface area contributed by atoms with E-state index in [0.717, 1.165) is 42.9 Å². The fourth-order valence-corrected chi connectivity index (χ4v) is 4.81. The van der Waals surface area contributed by atoms with Crippen LogP contribution in [0, 0.1) is 5.92 Å². The van der Waals surface area contributed by atoms with Gasteiger partial charge >= 0.3 is 6.09 Å². The molecule has 3 N–H and O–H groups in total. The van der Waals surface area contributed by atoms with Crippen LogP contribution in [0.25, 0.3) is 0 Å². The summed E-state index contributed by atoms with van der Waals surface area (Å²) in [5, 5.41) is 16.4. The number of nitrogens with zero attached hydrogens (tertiary/aromatic N) is 1. The fourth-order valence-electron chi connectivity index (χ4n) is 4.37. The maximum Gasteiger partial charge on any atom is 0.407 e. The van der Waals surface area contributed by atoms with E-state index in [1.807, 2.05) is 19.2 Å². The quantitative estimate of drug-likeness (QED) is 0.349. The van der Waals surface area contributed by atoms with Crippen LogP contribution in [0.2, 0.25) is 10.0 Å². The van der Waals surface area contributed by atoms with Crippen LogP contribution in [-0.4, -0.2) is 75.1 Å². The van der Waals surface area contributed by atoms with Crippen molar-refractivity contribution in [3.8, 4) is 0 Å². The van der Waals surface area contributed by atoms with E-state index in [9.17, 15) is 9.59 Å². The summed E-state index contributed by atoms with van der Waals surface area (Å²) in [4.78, 5) is 25.4. The Morgan fingerprint density at radius 1 is 1.19 bits per heavy atom. The Morgan fingerprint density at radius 2 is 1.97 bits per heavy atom. The topological polar surface area (TPSA) is 100 Å². The van der Waals surface area contributed by atoms with Gasteiger partial charge in [0.05, 0.1) is 6.61 Å². The first kappa shape index (κ1) is 29.2. The highest BCUT2D eigenvalue weighted by atomic mass is 35.5. The van der Waals surface area contributed by atoms with Crippen molar-refractivity contribution in [1.29, 1.82) is 0 Å². The largest absolute Gasteiger partial charge is 0.465 e. The first-order chi connectivity index (χ1) is 17.8. The molecule has 0 saturated carbocycles. The molecule has 0 radical (unpaired) electrons. The molecule has 1 fully saturated rings. The zero-order valence-corrected chi connectivity index (χ0v) is 22.7. The number of amides is 2. The Morgan fingerprint density at radius 3 is 2.65 bits per heavy atom. The first-order valence-corrected chi connectivity index (χ1v) is 13.2. The smallest absolute Gasteiger partial charge is 0.407 e. The second-order valence-electron chi connectivity index (χ2n) is 9.30. The third-order valence-corrected chi connectivity index (χ3v) is 6.92. The second-order valence-corrected chi connectivity index (χ2v) is 10.2. The van der Waals surface area contributed by atoms with Gasteiger partial charge in [0.2, 0.25) is 0 Å². The van der Waals surface area contributed by atoms with E-state index < -0.39 is 12.2 Å². The molecule has 3 rings (SSSR count). The summed E-state index contributed by atoms with van der Waals surface area (Å²) in [6.07, 6.45) is 1.49. The van der Waals surface area contributed by atoms with Crippen LogP contribution >= 0.6 is 23.2 Å². The molecule has 2 unspecified atom stereocenters. The van der Waals surface area contributed by atoms with Gasteiger partial charge in [0.15, 0.2) is 0 Å². The predicted molar refractivity (Wildman–Crippen MR) is 145 cm³/mol. The Bertz CT molecular complexity index is 1050. The number of carbonyl (C=O) groups excluding carboxylic acids is 1. The van der Waals surface area contributed by atoms with E-state index in [4.69, 9.17) is 37.8 Å². The minimum Gasteiger partial charge on any atom is -0.465 e. The van der Waals surface area contributed by atoms with E-state index >= 15 is 0 Å². The lowest BCUT2D eigenvalue weighted by molar-refractivity contribution is 0.0478. The van der Waals surface area contributed by atoms with Gasteiger partial charge in [0.25, 0.3) is 5.91 Å². The number of carbonyl (C=O) groups is 2. The maximum absolute atomic E-state index is 13.1. The normalized spacial score (nSPS) is 17.1. The lowest BCUT2D eigenvalue weighted by Gasteiger charge is -2.26. The number of nitrogens with one attached hydrogen (secondary N) is 2. The standard InChI is InChI=1S/C27H35Cl2N3O5/c1-30-24(11-18-5-4-9-36-17-18)16-31-26(33)21-12-20(14-23(29)15-21)25(19-6-3-7-22(28)13-19)37-10-8-32(2)27(34)35/h3,6-7,12-15,18,24-25,30H,4-5,8-11,16-17H2,1-2H3,(H,31,33)(H,34,35)/t18-,24?,25?/m1/s1. The van der Waals surface area contributed by atoms with Crippen LogP contribution < -0.4 is 10.6 Å². The SMILES string of the molecule is CNC(CNC(=O)c1cc(Cl)cc(C(OCCN(C)C(=O)O)c2cccc(Cl)c2)c1)C[C@H]1CCCOC1. The highest BCUT2D eigenvalue weighted by Crippen LogP contribution is 2.31. The number of carboxylic acid groups (broad SMARTS) is 1. The van der Waals surface area contributed by atoms with Gasteiger partial charge in [0, 0.05) is 55.0 Å². The first-order valence-electron chi connectivity index (χ1n) is 12.4. The summed E-state index contributed by atoms with van der Waals surface area (Å²) < 4.78 is 11.7. The van der Waals surface area contributed by atoms with E-state index in [0.29, 0.717) is 33.6 Å². The molecular formula is C27H35Cl2N3O5. The van der Waals surface area contributed by atoms with Crippen molar-refractivity contribution in [2.75, 3.05) is 47.0 Å². The number of benzene rings is 2. The molecule has 8 nitrogen and oxygen atoms in total. The Labute approximate surface area is 228 Å². The fraction of sp³-hybridized carbons (Fsp3) is 0.481. The molecule has 0 aliphatic carbocycles. The molecule has 1 heterocycles. The third kappa shape index (κ3) is 9.16. The van der Waals surface area contributed by atoms with Crippen LogP contribution in [0.15, 0.2) is 42.5 Å². The van der Waals surface area contributed by atoms with Crippen molar-refractivity contribution < 1.29 is 24.2 Å². The van der Waals surface area contributed by atoms with Gasteiger partial charge < -0.3 is 30.1 Å². The Kier molecular flexibility index (Phi) is 11.5. The van der Waals surface area contributed by atoms with Crippen molar-refractivity contribution in [2.45, 2.75) is 31.4 Å². The van der Waals surface area contributed by atoms with E-state index in [1.54, 1.807) is 30.3 Å². The van der Waals surface area contributed by atoms with Crippen LogP contribution in [0.3, 0.4) is 0 Å². The average Bonchev–Trinajstić information content (AvgIpc) is 2.88. The molecule has 202 valence electrons. The number of hydrogen-bond donors (Lipinski definition) is 3. The zero-order valence-electron chi connectivity index (χ0n) is 21.2. The van der Waals surface area contributed by atoms with Gasteiger partial charge in [-0.05, 0) is 73.7 Å². The van der Waals surface area contributed by atoms with Gasteiger partial charge in [-0.15, -0.1) is 0 Å². The number of likely N-dealkylation sites (N-methyl/N-ethyl adjacent to an activating group) is 2. The minimum atomic E-state index is -1.04. The van der Waals surface area contributed by atoms with Gasteiger partial charge in [-0.1, -0.05) is 35.3 Å². The molecule has 1 saturated heterocycles. The summed E-state index contributed by atoms with van der Waals surface area (Å²) in [5.74, 6) is 0.246. The van der Waals surface area contributed by atoms with Gasteiger partial charge in [0.1, 0.15) is 6.10 Å². The summed E-state index contributed by atoms with van der Waals surface area (Å²) >= 11 is 12.7. The van der Waals surface area contributed by atoms with Crippen molar-refractivity contribution in [3.63, 3.8) is 0 Å². The lowest BCUT2D eigenvalue weighted by atomic mass is 9.94.